The lowest BCUT2D eigenvalue weighted by Crippen LogP contribution is -1.95. The molecule has 25 heavy (non-hydrogen) atoms. The van der Waals surface area contributed by atoms with E-state index in [2.05, 4.69) is 40.3 Å². The van der Waals surface area contributed by atoms with Crippen LogP contribution in [0.25, 0.3) is 33.8 Å². The summed E-state index contributed by atoms with van der Waals surface area (Å²) in [7, 11) is 0. The molecule has 0 radical (unpaired) electrons. The van der Waals surface area contributed by atoms with Gasteiger partial charge in [0.25, 0.3) is 0 Å². The number of pyridine rings is 1. The highest BCUT2D eigenvalue weighted by molar-refractivity contribution is 5.72. The second-order valence-corrected chi connectivity index (χ2v) is 5.91. The van der Waals surface area contributed by atoms with Crippen LogP contribution in [-0.2, 0) is 0 Å². The van der Waals surface area contributed by atoms with Gasteiger partial charge in [-0.05, 0) is 30.7 Å². The molecule has 4 aromatic rings. The van der Waals surface area contributed by atoms with Gasteiger partial charge < -0.3 is 0 Å². The number of rotatable bonds is 3. The third kappa shape index (κ3) is 3.31. The van der Waals surface area contributed by atoms with Crippen LogP contribution >= 0.6 is 0 Å². The summed E-state index contributed by atoms with van der Waals surface area (Å²) in [5.74, 6) is 0.752. The molecule has 4 rings (SSSR count). The Bertz CT molecular complexity index is 996. The summed E-state index contributed by atoms with van der Waals surface area (Å²) in [6, 6.07) is 24.5. The highest BCUT2D eigenvalue weighted by Crippen LogP contribution is 2.26. The Balaban J connectivity index is 1.79. The number of benzene rings is 2. The second kappa shape index (κ2) is 6.65. The van der Waals surface area contributed by atoms with E-state index in [1.807, 2.05) is 55.6 Å². The third-order valence-electron chi connectivity index (χ3n) is 4.04. The zero-order chi connectivity index (χ0) is 17.1. The highest BCUT2D eigenvalue weighted by atomic mass is 14.9. The fraction of sp³-hybridized carbons (Fsp3) is 0.0455. The van der Waals surface area contributed by atoms with Gasteiger partial charge in [-0.1, -0.05) is 54.6 Å². The van der Waals surface area contributed by atoms with Crippen molar-refractivity contribution in [1.82, 2.24) is 15.0 Å². The first-order valence-electron chi connectivity index (χ1n) is 8.21. The van der Waals surface area contributed by atoms with Crippen molar-refractivity contribution in [2.45, 2.75) is 6.92 Å². The molecule has 0 fully saturated rings. The predicted molar refractivity (Wildman–Crippen MR) is 101 cm³/mol. The number of aryl methyl sites for hydroxylation is 1. The zero-order valence-electron chi connectivity index (χ0n) is 13.9. The summed E-state index contributed by atoms with van der Waals surface area (Å²) < 4.78 is 0. The van der Waals surface area contributed by atoms with Crippen molar-refractivity contribution in [1.29, 1.82) is 0 Å². The fourth-order valence-electron chi connectivity index (χ4n) is 2.82. The molecule has 2 aromatic heterocycles. The first-order chi connectivity index (χ1) is 12.3. The minimum atomic E-state index is 0.752. The van der Waals surface area contributed by atoms with E-state index < -0.39 is 0 Å². The first kappa shape index (κ1) is 15.2. The van der Waals surface area contributed by atoms with Crippen LogP contribution in [0.1, 0.15) is 5.69 Å². The molecule has 3 heteroatoms. The van der Waals surface area contributed by atoms with Crippen LogP contribution in [-0.4, -0.2) is 15.0 Å². The Hall–Kier alpha value is -3.33. The molecule has 0 aliphatic carbocycles. The molecule has 0 aliphatic heterocycles. The average Bonchev–Trinajstić information content (AvgIpc) is 2.69. The Morgan fingerprint density at radius 2 is 1.40 bits per heavy atom. The molecule has 2 aromatic carbocycles. The van der Waals surface area contributed by atoms with Crippen molar-refractivity contribution in [2.75, 3.05) is 0 Å². The van der Waals surface area contributed by atoms with E-state index in [4.69, 9.17) is 4.98 Å². The van der Waals surface area contributed by atoms with Gasteiger partial charge in [0, 0.05) is 34.8 Å². The Labute approximate surface area is 147 Å². The van der Waals surface area contributed by atoms with Gasteiger partial charge in [0.15, 0.2) is 5.82 Å². The molecule has 2 heterocycles. The van der Waals surface area contributed by atoms with E-state index in [-0.39, 0.29) is 0 Å². The van der Waals surface area contributed by atoms with Crippen LogP contribution in [0.5, 0.6) is 0 Å². The summed E-state index contributed by atoms with van der Waals surface area (Å²) in [5, 5.41) is 0. The Kier molecular flexibility index (Phi) is 4.05. The maximum atomic E-state index is 4.78. The molecule has 120 valence electrons. The highest BCUT2D eigenvalue weighted by Gasteiger charge is 2.08. The van der Waals surface area contributed by atoms with Gasteiger partial charge in [-0.25, -0.2) is 9.97 Å². The monoisotopic (exact) mass is 323 g/mol. The summed E-state index contributed by atoms with van der Waals surface area (Å²) in [6.07, 6.45) is 3.66. The van der Waals surface area contributed by atoms with Crippen LogP contribution in [0.2, 0.25) is 0 Å². The maximum absolute atomic E-state index is 4.78. The van der Waals surface area contributed by atoms with Gasteiger partial charge in [-0.3, -0.25) is 4.98 Å². The molecule has 3 nitrogen and oxygen atoms in total. The van der Waals surface area contributed by atoms with Gasteiger partial charge in [0.05, 0.1) is 5.69 Å². The molecule has 0 N–H and O–H groups in total. The topological polar surface area (TPSA) is 38.7 Å². The van der Waals surface area contributed by atoms with E-state index in [9.17, 15) is 0 Å². The van der Waals surface area contributed by atoms with E-state index in [0.717, 1.165) is 39.5 Å². The Morgan fingerprint density at radius 1 is 0.640 bits per heavy atom. The molecular weight excluding hydrogens is 306 g/mol. The van der Waals surface area contributed by atoms with Gasteiger partial charge in [-0.2, -0.15) is 0 Å². The third-order valence-corrected chi connectivity index (χ3v) is 4.04. The number of aromatic nitrogens is 3. The summed E-state index contributed by atoms with van der Waals surface area (Å²) >= 11 is 0. The predicted octanol–water partition coefficient (Wildman–Crippen LogP) is 5.18. The number of nitrogens with zero attached hydrogens (tertiary/aromatic N) is 3. The van der Waals surface area contributed by atoms with Crippen LogP contribution in [0, 0.1) is 6.92 Å². The standard InChI is InChI=1S/C22H17N3/c1-16-13-21(25-22(24-16)17-7-3-2-4-8-17)19-10-5-9-18(14-19)20-11-6-12-23-15-20/h2-15H,1H3. The van der Waals surface area contributed by atoms with Crippen molar-refractivity contribution in [2.24, 2.45) is 0 Å². The normalized spacial score (nSPS) is 10.6. The van der Waals surface area contributed by atoms with Gasteiger partial charge >= 0.3 is 0 Å². The summed E-state index contributed by atoms with van der Waals surface area (Å²) in [5.41, 5.74) is 6.20. The van der Waals surface area contributed by atoms with Crippen LogP contribution in [0.3, 0.4) is 0 Å². The van der Waals surface area contributed by atoms with Gasteiger partial charge in [0.2, 0.25) is 0 Å². The maximum Gasteiger partial charge on any atom is 0.160 e. The smallest absolute Gasteiger partial charge is 0.160 e. The van der Waals surface area contributed by atoms with Crippen molar-refractivity contribution < 1.29 is 0 Å². The molecule has 0 bridgehead atoms. The van der Waals surface area contributed by atoms with Gasteiger partial charge in [0.1, 0.15) is 0 Å². The van der Waals surface area contributed by atoms with Crippen LogP contribution in [0.4, 0.5) is 0 Å². The number of hydrogen-bond donors (Lipinski definition) is 0. The lowest BCUT2D eigenvalue weighted by molar-refractivity contribution is 1.11. The molecule has 0 unspecified atom stereocenters. The quantitative estimate of drug-likeness (QED) is 0.521. The van der Waals surface area contributed by atoms with Gasteiger partial charge in [-0.15, -0.1) is 0 Å². The molecule has 0 spiro atoms. The van der Waals surface area contributed by atoms with E-state index >= 15 is 0 Å². The molecule has 0 saturated carbocycles. The second-order valence-electron chi connectivity index (χ2n) is 5.91. The first-order valence-corrected chi connectivity index (χ1v) is 8.21. The molecule has 0 aliphatic rings. The summed E-state index contributed by atoms with van der Waals surface area (Å²) in [4.78, 5) is 13.6. The molecule has 0 amide bonds. The average molecular weight is 323 g/mol. The molecular formula is C22H17N3. The summed E-state index contributed by atoms with van der Waals surface area (Å²) in [6.45, 7) is 2.00. The lowest BCUT2D eigenvalue weighted by atomic mass is 10.0. The minimum Gasteiger partial charge on any atom is -0.264 e. The van der Waals surface area contributed by atoms with Crippen LogP contribution in [0.15, 0.2) is 85.2 Å². The SMILES string of the molecule is Cc1cc(-c2cccc(-c3cccnc3)c2)nc(-c2ccccc2)n1. The number of hydrogen-bond acceptors (Lipinski definition) is 3. The fourth-order valence-corrected chi connectivity index (χ4v) is 2.82. The van der Waals surface area contributed by atoms with E-state index in [0.29, 0.717) is 0 Å². The van der Waals surface area contributed by atoms with Crippen molar-refractivity contribution in [3.8, 4) is 33.8 Å². The van der Waals surface area contributed by atoms with Crippen molar-refractivity contribution >= 4 is 0 Å². The molecule has 0 saturated heterocycles. The Morgan fingerprint density at radius 3 is 2.20 bits per heavy atom. The minimum absolute atomic E-state index is 0.752. The van der Waals surface area contributed by atoms with E-state index in [1.54, 1.807) is 6.20 Å². The molecule has 0 atom stereocenters. The van der Waals surface area contributed by atoms with Crippen molar-refractivity contribution in [3.63, 3.8) is 0 Å². The largest absolute Gasteiger partial charge is 0.264 e. The van der Waals surface area contributed by atoms with E-state index in [1.165, 1.54) is 0 Å². The van der Waals surface area contributed by atoms with Crippen LogP contribution < -0.4 is 0 Å². The zero-order valence-corrected chi connectivity index (χ0v) is 13.9. The van der Waals surface area contributed by atoms with Crippen molar-refractivity contribution in [3.05, 3.63) is 90.9 Å². The lowest BCUT2D eigenvalue weighted by Gasteiger charge is -2.08.